The predicted octanol–water partition coefficient (Wildman–Crippen LogP) is 1.57. The lowest BCUT2D eigenvalue weighted by Gasteiger charge is -2.43. The molecule has 30 heavy (non-hydrogen) atoms. The molecule has 4 amide bonds. The summed E-state index contributed by atoms with van der Waals surface area (Å²) < 4.78 is 0.648. The molecule has 9 nitrogen and oxygen atoms in total. The maximum Gasteiger partial charge on any atom is 0.258 e. The monoisotopic (exact) mass is 476 g/mol. The lowest BCUT2D eigenvalue weighted by molar-refractivity contribution is -0.174. The van der Waals surface area contributed by atoms with Crippen molar-refractivity contribution in [2.45, 2.75) is 18.8 Å². The summed E-state index contributed by atoms with van der Waals surface area (Å²) >= 11 is 3.35. The number of amides is 4. The Bertz CT molecular complexity index is 1050. The van der Waals surface area contributed by atoms with E-state index in [2.05, 4.69) is 15.9 Å². The van der Waals surface area contributed by atoms with E-state index in [4.69, 9.17) is 0 Å². The fraction of sp³-hybridized carbons (Fsp3) is 0.400. The fourth-order valence-corrected chi connectivity index (χ4v) is 6.06. The van der Waals surface area contributed by atoms with Crippen LogP contribution in [0.1, 0.15) is 24.3 Å². The van der Waals surface area contributed by atoms with E-state index < -0.39 is 59.1 Å². The van der Waals surface area contributed by atoms with Crippen LogP contribution in [0.5, 0.6) is 5.75 Å². The van der Waals surface area contributed by atoms with Gasteiger partial charge in [-0.3, -0.25) is 29.6 Å². The van der Waals surface area contributed by atoms with E-state index in [1.165, 1.54) is 6.07 Å². The van der Waals surface area contributed by atoms with Gasteiger partial charge in [-0.15, -0.1) is 0 Å². The molecule has 1 saturated carbocycles. The molecule has 1 aromatic rings. The number of carbonyl (C=O) groups is 4. The van der Waals surface area contributed by atoms with Crippen molar-refractivity contribution in [1.29, 1.82) is 0 Å². The second-order valence-electron chi connectivity index (χ2n) is 8.20. The Morgan fingerprint density at radius 2 is 1.50 bits per heavy atom. The van der Waals surface area contributed by atoms with Crippen LogP contribution in [0.15, 0.2) is 34.3 Å². The van der Waals surface area contributed by atoms with E-state index in [0.717, 1.165) is 0 Å². The van der Waals surface area contributed by atoms with Gasteiger partial charge in [-0.25, -0.2) is 0 Å². The maximum absolute atomic E-state index is 12.8. The van der Waals surface area contributed by atoms with Gasteiger partial charge in [0.05, 0.1) is 23.7 Å². The van der Waals surface area contributed by atoms with Crippen LogP contribution < -0.4 is 0 Å². The number of allylic oxidation sites excluding steroid dienone is 2. The van der Waals surface area contributed by atoms with Crippen LogP contribution in [0.2, 0.25) is 0 Å². The Morgan fingerprint density at radius 1 is 0.867 bits per heavy atom. The highest BCUT2D eigenvalue weighted by Gasteiger charge is 2.62. The second kappa shape index (κ2) is 6.47. The molecule has 10 heteroatoms. The van der Waals surface area contributed by atoms with Gasteiger partial charge in [-0.05, 0) is 37.0 Å². The van der Waals surface area contributed by atoms with Crippen LogP contribution >= 0.6 is 15.9 Å². The van der Waals surface area contributed by atoms with Gasteiger partial charge in [0.15, 0.2) is 0 Å². The van der Waals surface area contributed by atoms with Crippen molar-refractivity contribution in [1.82, 2.24) is 10.1 Å². The average Bonchev–Trinajstić information content (AvgIpc) is 3.08. The number of rotatable bonds is 1. The average molecular weight is 477 g/mol. The fourth-order valence-electron chi connectivity index (χ4n) is 5.68. The third-order valence-corrected chi connectivity index (χ3v) is 7.42. The molecule has 0 radical (unpaired) electrons. The third kappa shape index (κ3) is 2.41. The molecular formula is C20H17BrN2O7. The Hall–Kier alpha value is -2.56. The Morgan fingerprint density at radius 3 is 2.20 bits per heavy atom. The van der Waals surface area contributed by atoms with Crippen LogP contribution in [0.25, 0.3) is 0 Å². The molecule has 2 heterocycles. The Balaban J connectivity index is 1.69. The first-order chi connectivity index (χ1) is 14.2. The molecule has 6 unspecified atom stereocenters. The van der Waals surface area contributed by atoms with Crippen molar-refractivity contribution < 1.29 is 34.7 Å². The zero-order chi connectivity index (χ0) is 21.5. The number of halogens is 1. The number of nitrogens with zero attached hydrogens (tertiary/aromatic N) is 2. The van der Waals surface area contributed by atoms with Gasteiger partial charge in [-0.2, -0.15) is 10.1 Å². The SMILES string of the molecule is O=C1C2CC=C3C(CC4C(=O)N(O)C(=O)C4C3c3cc(Br)ccc3O)C2C(=O)N1O. The number of fused-ring (bicyclic) bond motifs is 4. The van der Waals surface area contributed by atoms with Crippen molar-refractivity contribution in [3.8, 4) is 5.75 Å². The highest BCUT2D eigenvalue weighted by atomic mass is 79.9. The maximum atomic E-state index is 12.8. The minimum atomic E-state index is -0.931. The number of aromatic hydroxyl groups is 1. The summed E-state index contributed by atoms with van der Waals surface area (Å²) in [5, 5.41) is 30.7. The highest BCUT2D eigenvalue weighted by Crippen LogP contribution is 2.58. The summed E-state index contributed by atoms with van der Waals surface area (Å²) in [7, 11) is 0. The zero-order valence-electron chi connectivity index (χ0n) is 15.4. The molecule has 1 aromatic carbocycles. The van der Waals surface area contributed by atoms with Crippen molar-refractivity contribution >= 4 is 39.6 Å². The van der Waals surface area contributed by atoms with Gasteiger partial charge in [0.1, 0.15) is 5.75 Å². The molecule has 3 fully saturated rings. The van der Waals surface area contributed by atoms with E-state index in [-0.39, 0.29) is 28.7 Å². The second-order valence-corrected chi connectivity index (χ2v) is 9.12. The number of hydrogen-bond acceptors (Lipinski definition) is 7. The number of phenols is 1. The van der Waals surface area contributed by atoms with E-state index in [9.17, 15) is 34.7 Å². The molecule has 2 aliphatic heterocycles. The summed E-state index contributed by atoms with van der Waals surface area (Å²) in [6, 6.07) is 4.73. The first-order valence-corrected chi connectivity index (χ1v) is 10.3. The van der Waals surface area contributed by atoms with Crippen molar-refractivity contribution in [2.75, 3.05) is 0 Å². The van der Waals surface area contributed by atoms with E-state index >= 15 is 0 Å². The quantitative estimate of drug-likeness (QED) is 0.318. The normalized spacial score (nSPS) is 35.4. The topological polar surface area (TPSA) is 135 Å². The Kier molecular flexibility index (Phi) is 4.18. The van der Waals surface area contributed by atoms with Crippen LogP contribution in [0.3, 0.4) is 0 Å². The number of phenolic OH excluding ortho intramolecular Hbond substituents is 1. The van der Waals surface area contributed by atoms with Gasteiger partial charge in [0.2, 0.25) is 0 Å². The zero-order valence-corrected chi connectivity index (χ0v) is 17.0. The third-order valence-electron chi connectivity index (χ3n) is 6.93. The molecule has 0 spiro atoms. The molecule has 156 valence electrons. The number of imide groups is 2. The van der Waals surface area contributed by atoms with Crippen LogP contribution in [0.4, 0.5) is 0 Å². The van der Waals surface area contributed by atoms with Crippen molar-refractivity contribution in [3.63, 3.8) is 0 Å². The molecule has 2 saturated heterocycles. The standard InChI is InChI=1S/C20H17BrN2O7/c21-7-1-4-13(24)11(5-7)14-8-2-3-9-15(19(27)22(29)17(9)25)10(8)6-12-16(14)20(28)23(30)18(12)26/h1-2,4-5,9-10,12,14-16,24,29-30H,3,6H2. The number of benzene rings is 1. The molecule has 6 atom stereocenters. The van der Waals surface area contributed by atoms with E-state index in [0.29, 0.717) is 15.6 Å². The van der Waals surface area contributed by atoms with Crippen LogP contribution in [-0.2, 0) is 19.2 Å². The van der Waals surface area contributed by atoms with Gasteiger partial charge < -0.3 is 5.11 Å². The van der Waals surface area contributed by atoms with Gasteiger partial charge in [0.25, 0.3) is 23.6 Å². The van der Waals surface area contributed by atoms with Crippen LogP contribution in [0, 0.1) is 29.6 Å². The van der Waals surface area contributed by atoms with E-state index in [1.54, 1.807) is 18.2 Å². The summed E-state index contributed by atoms with van der Waals surface area (Å²) in [5.74, 6) is -7.76. The van der Waals surface area contributed by atoms with Gasteiger partial charge >= 0.3 is 0 Å². The van der Waals surface area contributed by atoms with E-state index in [1.807, 2.05) is 0 Å². The number of hydrogen-bond donors (Lipinski definition) is 3. The molecule has 2 aliphatic carbocycles. The lowest BCUT2D eigenvalue weighted by atomic mass is 9.57. The first kappa shape index (κ1) is 19.4. The smallest absolute Gasteiger partial charge is 0.258 e. The van der Waals surface area contributed by atoms with Crippen molar-refractivity contribution in [2.24, 2.45) is 29.6 Å². The van der Waals surface area contributed by atoms with Gasteiger partial charge in [0, 0.05) is 16.0 Å². The summed E-state index contributed by atoms with van der Waals surface area (Å²) in [5.41, 5.74) is 1.06. The molecule has 3 N–H and O–H groups in total. The predicted molar refractivity (Wildman–Crippen MR) is 101 cm³/mol. The number of hydroxylamine groups is 4. The molecule has 0 aromatic heterocycles. The highest BCUT2D eigenvalue weighted by molar-refractivity contribution is 9.10. The molecule has 0 bridgehead atoms. The largest absolute Gasteiger partial charge is 0.508 e. The Labute approximate surface area is 178 Å². The summed E-state index contributed by atoms with van der Waals surface area (Å²) in [6.07, 6.45) is 2.07. The summed E-state index contributed by atoms with van der Waals surface area (Å²) in [4.78, 5) is 50.3. The lowest BCUT2D eigenvalue weighted by Crippen LogP contribution is -2.43. The summed E-state index contributed by atoms with van der Waals surface area (Å²) in [6.45, 7) is 0. The first-order valence-electron chi connectivity index (χ1n) is 9.54. The minimum absolute atomic E-state index is 0.0835. The molecular weight excluding hydrogens is 460 g/mol. The van der Waals surface area contributed by atoms with Crippen LogP contribution in [-0.4, -0.2) is 49.3 Å². The minimum Gasteiger partial charge on any atom is -0.508 e. The number of carbonyl (C=O) groups excluding carboxylic acids is 4. The van der Waals surface area contributed by atoms with Gasteiger partial charge in [-0.1, -0.05) is 27.6 Å². The molecule has 5 rings (SSSR count). The van der Waals surface area contributed by atoms with Crippen molar-refractivity contribution in [3.05, 3.63) is 39.9 Å². The molecule has 4 aliphatic rings.